The van der Waals surface area contributed by atoms with Crippen LogP contribution in [0.3, 0.4) is 0 Å². The van der Waals surface area contributed by atoms with Gasteiger partial charge in [0.15, 0.2) is 0 Å². The van der Waals surface area contributed by atoms with Gasteiger partial charge in [-0.3, -0.25) is 28.8 Å². The van der Waals surface area contributed by atoms with E-state index in [1.165, 1.54) is 33.9 Å². The van der Waals surface area contributed by atoms with Gasteiger partial charge >= 0.3 is 0 Å². The van der Waals surface area contributed by atoms with Crippen LogP contribution in [0, 0.1) is 0 Å². The van der Waals surface area contributed by atoms with Crippen LogP contribution in [0.1, 0.15) is 59.8 Å². The minimum atomic E-state index is -0.620. The molecule has 13 nitrogen and oxygen atoms in total. The van der Waals surface area contributed by atoms with E-state index in [0.717, 1.165) is 24.4 Å². The molecule has 0 spiro atoms. The molecule has 0 saturated carbocycles. The summed E-state index contributed by atoms with van der Waals surface area (Å²) in [5.41, 5.74) is 10.5. The Morgan fingerprint density at radius 3 is 2.00 bits per heavy atom. The van der Waals surface area contributed by atoms with Gasteiger partial charge in [0, 0.05) is 20.0 Å². The van der Waals surface area contributed by atoms with Crippen molar-refractivity contribution in [3.8, 4) is 0 Å². The number of likely N-dealkylation sites (N-methyl/N-ethyl adjacent to an activating group) is 1. The minimum Gasteiger partial charge on any atom is -0.352 e. The van der Waals surface area contributed by atoms with Crippen LogP contribution >= 0.6 is 0 Å². The Morgan fingerprint density at radius 1 is 1.00 bits per heavy atom. The summed E-state index contributed by atoms with van der Waals surface area (Å²) in [6.07, 6.45) is 4.89. The van der Waals surface area contributed by atoms with E-state index in [1.807, 2.05) is 13.8 Å². The molecule has 0 aromatic heterocycles. The van der Waals surface area contributed by atoms with E-state index in [-0.39, 0.29) is 42.8 Å². The molecule has 8 N–H and O–H groups in total. The maximum Gasteiger partial charge on any atom is 0.265 e. The Labute approximate surface area is 209 Å². The van der Waals surface area contributed by atoms with Crippen molar-refractivity contribution in [2.45, 2.75) is 71.9 Å². The Kier molecular flexibility index (Phi) is 27.2. The number of hydrogen-bond donors (Lipinski definition) is 6. The van der Waals surface area contributed by atoms with Crippen molar-refractivity contribution in [3.63, 3.8) is 0 Å². The molecular formula is C22H47N7O6. The van der Waals surface area contributed by atoms with Gasteiger partial charge in [0.2, 0.25) is 24.1 Å². The van der Waals surface area contributed by atoms with Gasteiger partial charge in [0.05, 0.1) is 20.2 Å². The summed E-state index contributed by atoms with van der Waals surface area (Å²) in [4.78, 5) is 59.4. The summed E-state index contributed by atoms with van der Waals surface area (Å²) in [7, 11) is 2.84. The van der Waals surface area contributed by atoms with Crippen LogP contribution in [0.25, 0.3) is 0 Å². The van der Waals surface area contributed by atoms with Crippen molar-refractivity contribution < 1.29 is 28.8 Å². The van der Waals surface area contributed by atoms with Crippen LogP contribution in [-0.4, -0.2) is 87.5 Å². The first-order valence-corrected chi connectivity index (χ1v) is 11.7. The van der Waals surface area contributed by atoms with Gasteiger partial charge in [0.25, 0.3) is 5.91 Å². The number of amides is 5. The lowest BCUT2D eigenvalue weighted by atomic mass is 10.1. The Bertz CT molecular complexity index is 589. The van der Waals surface area contributed by atoms with Gasteiger partial charge in [-0.15, -0.1) is 0 Å². The highest BCUT2D eigenvalue weighted by atomic mass is 16.7. The first-order chi connectivity index (χ1) is 16.5. The molecule has 0 heterocycles. The molecule has 0 saturated heterocycles. The fourth-order valence-electron chi connectivity index (χ4n) is 2.22. The predicted octanol–water partition coefficient (Wildman–Crippen LogP) is -1.24. The number of hydrogen-bond acceptors (Lipinski definition) is 8. The summed E-state index contributed by atoms with van der Waals surface area (Å²) in [5.74, 6) is -1.17. The molecule has 1 atom stereocenters. The topological polar surface area (TPSA) is 198 Å². The van der Waals surface area contributed by atoms with E-state index >= 15 is 0 Å². The van der Waals surface area contributed by atoms with E-state index in [0.29, 0.717) is 19.4 Å². The molecule has 0 radical (unpaired) electrons. The van der Waals surface area contributed by atoms with Gasteiger partial charge in [-0.25, -0.2) is 5.06 Å². The van der Waals surface area contributed by atoms with E-state index in [2.05, 4.69) is 33.0 Å². The predicted molar refractivity (Wildman–Crippen MR) is 135 cm³/mol. The number of nitrogens with two attached hydrogens (primary N) is 2. The lowest BCUT2D eigenvalue weighted by Crippen LogP contribution is -2.49. The number of hydroxylamine groups is 2. The van der Waals surface area contributed by atoms with Crippen molar-refractivity contribution in [2.24, 2.45) is 11.5 Å². The van der Waals surface area contributed by atoms with Crippen LogP contribution in [0.4, 0.5) is 0 Å². The maximum absolute atomic E-state index is 11.9. The van der Waals surface area contributed by atoms with Gasteiger partial charge < -0.3 is 32.7 Å². The number of unbranched alkanes of at least 4 members (excludes halogenated alkanes) is 2. The minimum absolute atomic E-state index is 0.0232. The van der Waals surface area contributed by atoms with E-state index in [1.54, 1.807) is 0 Å². The van der Waals surface area contributed by atoms with Gasteiger partial charge in [0.1, 0.15) is 6.04 Å². The second kappa shape index (κ2) is 25.8. The smallest absolute Gasteiger partial charge is 0.265 e. The highest BCUT2D eigenvalue weighted by molar-refractivity contribution is 5.90. The first kappa shape index (κ1) is 36.8. The van der Waals surface area contributed by atoms with E-state index in [4.69, 9.17) is 11.5 Å². The molecule has 0 aliphatic carbocycles. The SMILES string of the molecule is CC(=O)NC(CCCCN)C(=O)NCC(=O)NC(C)C.CCCCN.CON(C)C(=O)CNC=O. The molecule has 1 unspecified atom stereocenters. The summed E-state index contributed by atoms with van der Waals surface area (Å²) >= 11 is 0. The van der Waals surface area contributed by atoms with E-state index in [9.17, 15) is 24.0 Å². The molecule has 0 fully saturated rings. The van der Waals surface area contributed by atoms with Crippen LogP contribution in [0.5, 0.6) is 0 Å². The average Bonchev–Trinajstić information content (AvgIpc) is 2.80. The summed E-state index contributed by atoms with van der Waals surface area (Å²) < 4.78 is 0. The normalized spacial score (nSPS) is 10.4. The lowest BCUT2D eigenvalue weighted by molar-refractivity contribution is -0.167. The first-order valence-electron chi connectivity index (χ1n) is 11.7. The van der Waals surface area contributed by atoms with Gasteiger partial charge in [-0.2, -0.15) is 0 Å². The molecule has 5 amide bonds. The van der Waals surface area contributed by atoms with Crippen molar-refractivity contribution in [2.75, 3.05) is 40.3 Å². The summed E-state index contributed by atoms with van der Waals surface area (Å²) in [6.45, 7) is 8.43. The summed E-state index contributed by atoms with van der Waals surface area (Å²) in [6, 6.07) is -0.596. The van der Waals surface area contributed by atoms with Crippen molar-refractivity contribution in [3.05, 3.63) is 0 Å². The third-order valence-electron chi connectivity index (χ3n) is 4.03. The van der Waals surface area contributed by atoms with Crippen LogP contribution in [0.2, 0.25) is 0 Å². The number of rotatable bonds is 15. The highest BCUT2D eigenvalue weighted by Crippen LogP contribution is 2.00. The van der Waals surface area contributed by atoms with Gasteiger partial charge in [-0.05, 0) is 52.6 Å². The second-order valence-electron chi connectivity index (χ2n) is 7.69. The van der Waals surface area contributed by atoms with Gasteiger partial charge in [-0.1, -0.05) is 13.3 Å². The standard InChI is InChI=1S/C13H26N4O3.C5H10N2O3.C4H11N/c1-9(2)16-12(19)8-15-13(20)11(17-10(3)18)6-4-5-7-14;1-7(10-2)5(9)3-6-4-8;1-2-3-4-5/h9,11H,4-8,14H2,1-3H3,(H,15,20)(H,16,19)(H,17,18);4H,3H2,1-2H3,(H,6,8);2-5H2,1H3. The summed E-state index contributed by atoms with van der Waals surface area (Å²) in [5, 5.41) is 11.0. The molecular weight excluding hydrogens is 458 g/mol. The number of carbonyl (C=O) groups excluding carboxylic acids is 5. The largest absolute Gasteiger partial charge is 0.352 e. The number of carbonyl (C=O) groups is 5. The Hall–Kier alpha value is -2.77. The molecule has 0 aromatic rings. The fraction of sp³-hybridized carbons (Fsp3) is 0.773. The zero-order valence-corrected chi connectivity index (χ0v) is 22.1. The number of nitrogens with one attached hydrogen (secondary N) is 4. The van der Waals surface area contributed by atoms with Crippen molar-refractivity contribution in [1.82, 2.24) is 26.3 Å². The van der Waals surface area contributed by atoms with Crippen LogP contribution in [-0.2, 0) is 28.8 Å². The fourth-order valence-corrected chi connectivity index (χ4v) is 2.22. The Morgan fingerprint density at radius 2 is 1.60 bits per heavy atom. The quantitative estimate of drug-likeness (QED) is 0.0901. The third-order valence-corrected chi connectivity index (χ3v) is 4.03. The molecule has 0 aliphatic heterocycles. The average molecular weight is 506 g/mol. The Balaban J connectivity index is -0.000000563. The second-order valence-corrected chi connectivity index (χ2v) is 7.69. The number of nitrogens with zero attached hydrogens (tertiary/aromatic N) is 1. The highest BCUT2D eigenvalue weighted by Gasteiger charge is 2.19. The van der Waals surface area contributed by atoms with E-state index < -0.39 is 6.04 Å². The molecule has 0 aromatic carbocycles. The van der Waals surface area contributed by atoms with Crippen molar-refractivity contribution >= 4 is 30.0 Å². The maximum atomic E-state index is 11.9. The van der Waals surface area contributed by atoms with Crippen LogP contribution in [0.15, 0.2) is 0 Å². The molecule has 0 rings (SSSR count). The molecule has 0 aliphatic rings. The molecule has 206 valence electrons. The molecule has 13 heteroatoms. The zero-order valence-electron chi connectivity index (χ0n) is 22.1. The molecule has 35 heavy (non-hydrogen) atoms. The zero-order chi connectivity index (χ0) is 27.6. The molecule has 0 bridgehead atoms. The monoisotopic (exact) mass is 505 g/mol. The van der Waals surface area contributed by atoms with Crippen LogP contribution < -0.4 is 32.7 Å². The lowest BCUT2D eigenvalue weighted by Gasteiger charge is -2.17. The van der Waals surface area contributed by atoms with Crippen molar-refractivity contribution in [1.29, 1.82) is 0 Å². The third kappa shape index (κ3) is 27.4.